The molecular weight excluding hydrogens is 360 g/mol. The van der Waals surface area contributed by atoms with Gasteiger partial charge in [0.25, 0.3) is 0 Å². The molecular formula is C19H14F4N4. The Bertz CT molecular complexity index is 1120. The lowest BCUT2D eigenvalue weighted by Gasteiger charge is -2.09. The summed E-state index contributed by atoms with van der Waals surface area (Å²) in [5, 5.41) is 0. The zero-order valence-electron chi connectivity index (χ0n) is 14.2. The Morgan fingerprint density at radius 3 is 2.63 bits per heavy atom. The molecule has 0 saturated carbocycles. The van der Waals surface area contributed by atoms with Crippen molar-refractivity contribution in [2.75, 3.05) is 0 Å². The number of hydrogen-bond acceptors (Lipinski definition) is 2. The molecule has 0 amide bonds. The van der Waals surface area contributed by atoms with Crippen LogP contribution >= 0.6 is 0 Å². The second-order valence-electron chi connectivity index (χ2n) is 6.18. The molecule has 0 fully saturated rings. The zero-order valence-corrected chi connectivity index (χ0v) is 14.2. The van der Waals surface area contributed by atoms with Crippen LogP contribution < -0.4 is 0 Å². The fourth-order valence-corrected chi connectivity index (χ4v) is 3.03. The van der Waals surface area contributed by atoms with Crippen LogP contribution in [0.4, 0.5) is 17.6 Å². The number of rotatable bonds is 3. The van der Waals surface area contributed by atoms with Crippen LogP contribution in [-0.2, 0) is 19.8 Å². The van der Waals surface area contributed by atoms with Crippen LogP contribution in [0.1, 0.15) is 11.4 Å². The summed E-state index contributed by atoms with van der Waals surface area (Å²) in [6.07, 6.45) is -1.10. The van der Waals surface area contributed by atoms with E-state index >= 15 is 0 Å². The van der Waals surface area contributed by atoms with Gasteiger partial charge in [0.1, 0.15) is 17.5 Å². The fourth-order valence-electron chi connectivity index (χ4n) is 3.03. The summed E-state index contributed by atoms with van der Waals surface area (Å²) in [7, 11) is 1.67. The van der Waals surface area contributed by atoms with E-state index in [1.807, 2.05) is 0 Å². The van der Waals surface area contributed by atoms with Gasteiger partial charge in [0.2, 0.25) is 0 Å². The summed E-state index contributed by atoms with van der Waals surface area (Å²) in [4.78, 5) is 8.70. The van der Waals surface area contributed by atoms with Crippen molar-refractivity contribution in [1.82, 2.24) is 19.1 Å². The molecule has 0 aliphatic heterocycles. The Labute approximate surface area is 151 Å². The number of alkyl halides is 3. The molecule has 0 unspecified atom stereocenters. The average molecular weight is 374 g/mol. The van der Waals surface area contributed by atoms with Crippen molar-refractivity contribution in [3.05, 3.63) is 72.1 Å². The van der Waals surface area contributed by atoms with Crippen molar-refractivity contribution in [1.29, 1.82) is 0 Å². The van der Waals surface area contributed by atoms with Gasteiger partial charge in [-0.3, -0.25) is 0 Å². The fraction of sp³-hybridized carbons (Fsp3) is 0.158. The van der Waals surface area contributed by atoms with E-state index in [1.54, 1.807) is 40.7 Å². The molecule has 4 aromatic rings. The zero-order chi connectivity index (χ0) is 19.2. The Morgan fingerprint density at radius 1 is 1.07 bits per heavy atom. The molecule has 4 rings (SSSR count). The first-order chi connectivity index (χ1) is 12.8. The van der Waals surface area contributed by atoms with Gasteiger partial charge >= 0.3 is 6.18 Å². The number of nitrogens with zero attached hydrogens (tertiary/aromatic N) is 4. The summed E-state index contributed by atoms with van der Waals surface area (Å²) >= 11 is 0. The van der Waals surface area contributed by atoms with Crippen molar-refractivity contribution < 1.29 is 17.6 Å². The Hall–Kier alpha value is -3.16. The number of halogens is 4. The topological polar surface area (TPSA) is 35.6 Å². The minimum atomic E-state index is -4.41. The summed E-state index contributed by atoms with van der Waals surface area (Å²) < 4.78 is 55.8. The first-order valence-corrected chi connectivity index (χ1v) is 8.12. The SMILES string of the molecule is Cn1c(Cn2ccnc2-c2cccc(F)c2)nc2ccc(C(F)(F)F)cc21. The maximum atomic E-state index is 13.5. The van der Waals surface area contributed by atoms with Crippen LogP contribution in [0.2, 0.25) is 0 Å². The number of aryl methyl sites for hydroxylation is 1. The predicted octanol–water partition coefficient (Wildman–Crippen LogP) is 4.64. The van der Waals surface area contributed by atoms with E-state index in [0.717, 1.165) is 12.1 Å². The third-order valence-corrected chi connectivity index (χ3v) is 4.41. The molecule has 0 radical (unpaired) electrons. The van der Waals surface area contributed by atoms with E-state index in [4.69, 9.17) is 0 Å². The molecule has 0 atom stereocenters. The van der Waals surface area contributed by atoms with Gasteiger partial charge in [-0.15, -0.1) is 0 Å². The van der Waals surface area contributed by atoms with Gasteiger partial charge in [-0.05, 0) is 30.3 Å². The average Bonchev–Trinajstić information content (AvgIpc) is 3.19. The molecule has 4 nitrogen and oxygen atoms in total. The first-order valence-electron chi connectivity index (χ1n) is 8.12. The third-order valence-electron chi connectivity index (χ3n) is 4.41. The highest BCUT2D eigenvalue weighted by atomic mass is 19.4. The summed E-state index contributed by atoms with van der Waals surface area (Å²) in [6, 6.07) is 9.54. The Balaban J connectivity index is 1.73. The van der Waals surface area contributed by atoms with Crippen LogP contribution in [0.5, 0.6) is 0 Å². The molecule has 0 aliphatic rings. The highest BCUT2D eigenvalue weighted by Gasteiger charge is 2.31. The van der Waals surface area contributed by atoms with Crippen molar-refractivity contribution in [2.45, 2.75) is 12.7 Å². The van der Waals surface area contributed by atoms with Crippen LogP contribution in [0, 0.1) is 5.82 Å². The van der Waals surface area contributed by atoms with Gasteiger partial charge in [0.05, 0.1) is 23.1 Å². The number of hydrogen-bond donors (Lipinski definition) is 0. The maximum Gasteiger partial charge on any atom is 0.416 e. The van der Waals surface area contributed by atoms with Gasteiger partial charge in [0.15, 0.2) is 0 Å². The van der Waals surface area contributed by atoms with Gasteiger partial charge < -0.3 is 9.13 Å². The lowest BCUT2D eigenvalue weighted by Crippen LogP contribution is -2.07. The largest absolute Gasteiger partial charge is 0.416 e. The second kappa shape index (κ2) is 6.22. The van der Waals surface area contributed by atoms with Crippen LogP contribution in [0.3, 0.4) is 0 Å². The number of fused-ring (bicyclic) bond motifs is 1. The molecule has 0 spiro atoms. The number of aromatic nitrogens is 4. The second-order valence-corrected chi connectivity index (χ2v) is 6.18. The van der Waals surface area contributed by atoms with E-state index < -0.39 is 11.7 Å². The molecule has 2 heterocycles. The molecule has 2 aromatic carbocycles. The highest BCUT2D eigenvalue weighted by Crippen LogP contribution is 2.31. The van der Waals surface area contributed by atoms with E-state index in [9.17, 15) is 17.6 Å². The lowest BCUT2D eigenvalue weighted by molar-refractivity contribution is -0.137. The Morgan fingerprint density at radius 2 is 1.89 bits per heavy atom. The number of imidazole rings is 2. The molecule has 27 heavy (non-hydrogen) atoms. The summed E-state index contributed by atoms with van der Waals surface area (Å²) in [5.74, 6) is 0.752. The van der Waals surface area contributed by atoms with Crippen molar-refractivity contribution in [3.8, 4) is 11.4 Å². The van der Waals surface area contributed by atoms with Crippen LogP contribution in [-0.4, -0.2) is 19.1 Å². The van der Waals surface area contributed by atoms with Crippen LogP contribution in [0.15, 0.2) is 54.9 Å². The number of benzene rings is 2. The smallest absolute Gasteiger partial charge is 0.330 e. The predicted molar refractivity (Wildman–Crippen MR) is 92.4 cm³/mol. The van der Waals surface area contributed by atoms with Crippen molar-refractivity contribution in [3.63, 3.8) is 0 Å². The van der Waals surface area contributed by atoms with Gasteiger partial charge in [-0.1, -0.05) is 12.1 Å². The minimum Gasteiger partial charge on any atom is -0.330 e. The minimum absolute atomic E-state index is 0.290. The molecule has 0 aliphatic carbocycles. The summed E-state index contributed by atoms with van der Waals surface area (Å²) in [5.41, 5.74) is 0.769. The molecule has 0 saturated heterocycles. The molecule has 8 heteroatoms. The Kier molecular flexibility index (Phi) is 3.98. The maximum absolute atomic E-state index is 13.5. The van der Waals surface area contributed by atoms with E-state index in [0.29, 0.717) is 34.8 Å². The van der Waals surface area contributed by atoms with E-state index in [2.05, 4.69) is 9.97 Å². The van der Waals surface area contributed by atoms with Crippen LogP contribution in [0.25, 0.3) is 22.4 Å². The van der Waals surface area contributed by atoms with Gasteiger partial charge in [-0.25, -0.2) is 14.4 Å². The quantitative estimate of drug-likeness (QED) is 0.490. The highest BCUT2D eigenvalue weighted by molar-refractivity contribution is 5.77. The van der Waals surface area contributed by atoms with Crippen molar-refractivity contribution in [2.24, 2.45) is 7.05 Å². The van der Waals surface area contributed by atoms with E-state index in [-0.39, 0.29) is 5.82 Å². The molecule has 0 N–H and O–H groups in total. The van der Waals surface area contributed by atoms with Gasteiger partial charge in [-0.2, -0.15) is 13.2 Å². The standard InChI is InChI=1S/C19H14F4N4/c1-26-16-10-13(19(21,22)23)5-6-15(16)25-17(26)11-27-8-7-24-18(27)12-3-2-4-14(20)9-12/h2-10H,11H2,1H3. The molecule has 138 valence electrons. The third kappa shape index (κ3) is 3.18. The van der Waals surface area contributed by atoms with Crippen molar-refractivity contribution >= 4 is 11.0 Å². The molecule has 0 bridgehead atoms. The van der Waals surface area contributed by atoms with E-state index in [1.165, 1.54) is 18.2 Å². The molecule has 2 aromatic heterocycles. The first kappa shape index (κ1) is 17.3. The van der Waals surface area contributed by atoms with Gasteiger partial charge in [0, 0.05) is 25.0 Å². The lowest BCUT2D eigenvalue weighted by atomic mass is 10.2. The summed E-state index contributed by atoms with van der Waals surface area (Å²) in [6.45, 7) is 0.290. The monoisotopic (exact) mass is 374 g/mol. The normalized spacial score (nSPS) is 12.0.